The molecule has 3 rings (SSSR count). The first-order valence-corrected chi connectivity index (χ1v) is 8.18. The van der Waals surface area contributed by atoms with Crippen LogP contribution in [0.4, 0.5) is 11.6 Å². The number of nitrogens with one attached hydrogen (secondary N) is 2. The summed E-state index contributed by atoms with van der Waals surface area (Å²) in [6.45, 7) is 2.40. The van der Waals surface area contributed by atoms with E-state index < -0.39 is 11.2 Å². The molecule has 0 saturated heterocycles. The van der Waals surface area contributed by atoms with E-state index in [1.54, 1.807) is 17.8 Å². The van der Waals surface area contributed by atoms with Gasteiger partial charge in [-0.05, 0) is 24.6 Å². The third-order valence-electron chi connectivity index (χ3n) is 4.11. The van der Waals surface area contributed by atoms with Crippen LogP contribution in [0.25, 0.3) is 11.2 Å². The highest BCUT2D eigenvalue weighted by Crippen LogP contribution is 2.15. The van der Waals surface area contributed by atoms with E-state index in [-0.39, 0.29) is 0 Å². The van der Waals surface area contributed by atoms with E-state index in [2.05, 4.69) is 20.5 Å². The van der Waals surface area contributed by atoms with Crippen molar-refractivity contribution in [3.63, 3.8) is 0 Å². The molecule has 0 spiro atoms. The van der Waals surface area contributed by atoms with Gasteiger partial charge in [-0.25, -0.2) is 10.2 Å². The highest BCUT2D eigenvalue weighted by atomic mass is 16.2. The molecule has 0 aliphatic carbocycles. The molecule has 9 heteroatoms. The molecule has 0 bridgehead atoms. The second-order valence-corrected chi connectivity index (χ2v) is 6.03. The summed E-state index contributed by atoms with van der Waals surface area (Å²) in [4.78, 5) is 32.5. The first-order valence-electron chi connectivity index (χ1n) is 8.18. The van der Waals surface area contributed by atoms with E-state index in [0.717, 1.165) is 11.3 Å². The number of aryl methyl sites for hydroxylation is 2. The number of fused-ring (bicyclic) bond motifs is 1. The number of aromatic nitrogens is 4. The van der Waals surface area contributed by atoms with Gasteiger partial charge in [0, 0.05) is 33.4 Å². The van der Waals surface area contributed by atoms with Crippen molar-refractivity contribution in [2.45, 2.75) is 13.5 Å². The number of hydrogen-bond acceptors (Lipinski definition) is 6. The van der Waals surface area contributed by atoms with E-state index in [1.807, 2.05) is 50.2 Å². The van der Waals surface area contributed by atoms with Crippen molar-refractivity contribution in [1.82, 2.24) is 19.1 Å². The number of hydrogen-bond donors (Lipinski definition) is 2. The van der Waals surface area contributed by atoms with Gasteiger partial charge >= 0.3 is 5.69 Å². The maximum Gasteiger partial charge on any atom is 0.329 e. The monoisotopic (exact) mass is 355 g/mol. The fourth-order valence-corrected chi connectivity index (χ4v) is 2.65. The number of anilines is 2. The van der Waals surface area contributed by atoms with Gasteiger partial charge in [-0.2, -0.15) is 10.1 Å². The van der Waals surface area contributed by atoms with E-state index in [0.29, 0.717) is 23.7 Å². The van der Waals surface area contributed by atoms with Gasteiger partial charge in [0.25, 0.3) is 5.56 Å². The molecule has 2 heterocycles. The van der Waals surface area contributed by atoms with Crippen LogP contribution in [0.3, 0.4) is 0 Å². The van der Waals surface area contributed by atoms with Gasteiger partial charge in [0.1, 0.15) is 0 Å². The lowest BCUT2D eigenvalue weighted by Gasteiger charge is -2.11. The fourth-order valence-electron chi connectivity index (χ4n) is 2.65. The van der Waals surface area contributed by atoms with Crippen molar-refractivity contribution in [2.24, 2.45) is 12.1 Å². The molecule has 0 radical (unpaired) electrons. The third kappa shape index (κ3) is 3.10. The van der Waals surface area contributed by atoms with Gasteiger partial charge < -0.3 is 9.47 Å². The summed E-state index contributed by atoms with van der Waals surface area (Å²) in [6.07, 6.45) is 1.67. The van der Waals surface area contributed by atoms with E-state index in [9.17, 15) is 9.59 Å². The Kier molecular flexibility index (Phi) is 4.61. The molecule has 0 aliphatic rings. The zero-order valence-electron chi connectivity index (χ0n) is 15.1. The second kappa shape index (κ2) is 6.87. The molecule has 0 saturated carbocycles. The predicted molar refractivity (Wildman–Crippen MR) is 103 cm³/mol. The Balaban J connectivity index is 1.91. The lowest BCUT2D eigenvalue weighted by molar-refractivity contribution is 0.781. The van der Waals surface area contributed by atoms with Gasteiger partial charge in [-0.15, -0.1) is 0 Å². The lowest BCUT2D eigenvalue weighted by atomic mass is 10.2. The minimum atomic E-state index is -0.501. The normalized spacial score (nSPS) is 11.4. The fraction of sp³-hybridized carbons (Fsp3) is 0.294. The molecule has 0 amide bonds. The largest absolute Gasteiger partial charge is 0.378 e. The highest BCUT2D eigenvalue weighted by molar-refractivity contribution is 5.81. The van der Waals surface area contributed by atoms with Gasteiger partial charge in [-0.3, -0.25) is 14.3 Å². The molecule has 0 aliphatic heterocycles. The topological polar surface area (TPSA) is 100 Å². The van der Waals surface area contributed by atoms with Gasteiger partial charge in [0.05, 0.1) is 6.21 Å². The lowest BCUT2D eigenvalue weighted by Crippen LogP contribution is -2.29. The Labute approximate surface area is 149 Å². The van der Waals surface area contributed by atoms with Crippen molar-refractivity contribution in [3.05, 3.63) is 50.7 Å². The second-order valence-electron chi connectivity index (χ2n) is 6.03. The minimum Gasteiger partial charge on any atom is -0.378 e. The third-order valence-corrected chi connectivity index (χ3v) is 4.11. The molecule has 0 atom stereocenters. The molecule has 0 fully saturated rings. The number of H-pyrrole nitrogens is 1. The Bertz CT molecular complexity index is 1070. The van der Waals surface area contributed by atoms with Gasteiger partial charge in [0.15, 0.2) is 11.2 Å². The van der Waals surface area contributed by atoms with Crippen LogP contribution in [0.2, 0.25) is 0 Å². The molecule has 1 aromatic carbocycles. The molecule has 2 N–H and O–H groups in total. The molecular weight excluding hydrogens is 334 g/mol. The van der Waals surface area contributed by atoms with Gasteiger partial charge in [-0.1, -0.05) is 12.1 Å². The van der Waals surface area contributed by atoms with E-state index in [4.69, 9.17) is 0 Å². The summed E-state index contributed by atoms with van der Waals surface area (Å²) < 4.78 is 2.98. The summed E-state index contributed by atoms with van der Waals surface area (Å²) in [7, 11) is 5.52. The zero-order valence-corrected chi connectivity index (χ0v) is 15.1. The maximum absolute atomic E-state index is 12.1. The molecule has 3 aromatic rings. The number of hydrazone groups is 1. The SMILES string of the molecule is CCn1c(NN=Cc2ccc(N(C)C)cc2)nc2c1c(=O)[nH]c(=O)n2C. The van der Waals surface area contributed by atoms with Crippen LogP contribution >= 0.6 is 0 Å². The van der Waals surface area contributed by atoms with Crippen LogP contribution in [0, 0.1) is 0 Å². The maximum atomic E-state index is 12.1. The standard InChI is InChI=1S/C17H21N7O2/c1-5-24-13-14(23(4)17(26)20-15(13)25)19-16(24)21-18-10-11-6-8-12(9-7-11)22(2)3/h6-10H,5H2,1-4H3,(H,19,21)(H,20,25,26). The van der Waals surface area contributed by atoms with Crippen LogP contribution in [0.15, 0.2) is 39.0 Å². The first kappa shape index (κ1) is 17.5. The Hall–Kier alpha value is -3.36. The van der Waals surface area contributed by atoms with Gasteiger partial charge in [0.2, 0.25) is 5.95 Å². The van der Waals surface area contributed by atoms with Crippen molar-refractivity contribution in [1.29, 1.82) is 0 Å². The Morgan fingerprint density at radius 2 is 1.96 bits per heavy atom. The first-order chi connectivity index (χ1) is 12.4. The summed E-state index contributed by atoms with van der Waals surface area (Å²) >= 11 is 0. The van der Waals surface area contributed by atoms with E-state index >= 15 is 0 Å². The average Bonchev–Trinajstić information content (AvgIpc) is 2.99. The molecule has 0 unspecified atom stereocenters. The number of rotatable bonds is 5. The Morgan fingerprint density at radius 3 is 2.58 bits per heavy atom. The minimum absolute atomic E-state index is 0.314. The highest BCUT2D eigenvalue weighted by Gasteiger charge is 2.15. The molecule has 136 valence electrons. The summed E-state index contributed by atoms with van der Waals surface area (Å²) in [5.74, 6) is 0.398. The number of benzene rings is 1. The van der Waals surface area contributed by atoms with Crippen molar-refractivity contribution in [3.8, 4) is 0 Å². The molecule has 9 nitrogen and oxygen atoms in total. The van der Waals surface area contributed by atoms with E-state index in [1.165, 1.54) is 4.57 Å². The smallest absolute Gasteiger partial charge is 0.329 e. The van der Waals surface area contributed by atoms with Crippen molar-refractivity contribution < 1.29 is 0 Å². The summed E-state index contributed by atoms with van der Waals surface area (Å²) in [6, 6.07) is 7.91. The zero-order chi connectivity index (χ0) is 18.8. The molecular formula is C17H21N7O2. The van der Waals surface area contributed by atoms with Crippen molar-refractivity contribution >= 4 is 29.0 Å². The average molecular weight is 355 g/mol. The Morgan fingerprint density at radius 1 is 1.27 bits per heavy atom. The number of nitrogens with zero attached hydrogens (tertiary/aromatic N) is 5. The van der Waals surface area contributed by atoms with Crippen molar-refractivity contribution in [2.75, 3.05) is 24.4 Å². The molecule has 26 heavy (non-hydrogen) atoms. The van der Waals surface area contributed by atoms with Crippen LogP contribution in [-0.4, -0.2) is 39.4 Å². The summed E-state index contributed by atoms with van der Waals surface area (Å²) in [5, 5.41) is 4.20. The van der Waals surface area contributed by atoms with Crippen LogP contribution in [0.5, 0.6) is 0 Å². The number of imidazole rings is 1. The van der Waals surface area contributed by atoms with Crippen LogP contribution in [0.1, 0.15) is 12.5 Å². The predicted octanol–water partition coefficient (Wildman–Crippen LogP) is 0.955. The quantitative estimate of drug-likeness (QED) is 0.524. The van der Waals surface area contributed by atoms with Crippen LogP contribution in [-0.2, 0) is 13.6 Å². The molecule has 2 aromatic heterocycles. The van der Waals surface area contributed by atoms with Crippen LogP contribution < -0.4 is 21.6 Å². The summed E-state index contributed by atoms with van der Waals surface area (Å²) in [5.41, 5.74) is 4.56. The number of aromatic amines is 1.